The third-order valence-corrected chi connectivity index (χ3v) is 3.92. The molecule has 0 saturated carbocycles. The molecule has 5 heteroatoms. The van der Waals surface area contributed by atoms with Crippen LogP contribution in [0.5, 0.6) is 0 Å². The third kappa shape index (κ3) is 3.35. The van der Waals surface area contributed by atoms with E-state index in [0.717, 1.165) is 24.5 Å². The highest BCUT2D eigenvalue weighted by Crippen LogP contribution is 2.22. The predicted molar refractivity (Wildman–Crippen MR) is 85.5 cm³/mol. The number of nitrogens with zero attached hydrogens (tertiary/aromatic N) is 4. The van der Waals surface area contributed by atoms with Crippen molar-refractivity contribution in [1.82, 2.24) is 14.8 Å². The first kappa shape index (κ1) is 13.9. The number of rotatable bonds is 6. The lowest BCUT2D eigenvalue weighted by molar-refractivity contribution is 0.574. The molecule has 1 aromatic heterocycles. The van der Waals surface area contributed by atoms with E-state index in [-0.39, 0.29) is 0 Å². The van der Waals surface area contributed by atoms with Crippen LogP contribution >= 0.6 is 0 Å². The Labute approximate surface area is 126 Å². The van der Waals surface area contributed by atoms with Crippen molar-refractivity contribution in [2.75, 3.05) is 23.3 Å². The third-order valence-electron chi connectivity index (χ3n) is 3.92. The Morgan fingerprint density at radius 2 is 1.90 bits per heavy atom. The predicted octanol–water partition coefficient (Wildman–Crippen LogP) is 2.90. The molecule has 3 rings (SSSR count). The quantitative estimate of drug-likeness (QED) is 0.886. The van der Waals surface area contributed by atoms with Crippen molar-refractivity contribution in [3.63, 3.8) is 0 Å². The number of nitrogens with one attached hydrogen (secondary N) is 1. The van der Waals surface area contributed by atoms with E-state index in [1.165, 1.54) is 31.6 Å². The summed E-state index contributed by atoms with van der Waals surface area (Å²) in [6.07, 6.45) is 5.32. The molecule has 0 atom stereocenters. The van der Waals surface area contributed by atoms with Crippen LogP contribution in [0.2, 0.25) is 0 Å². The molecule has 2 aromatic rings. The van der Waals surface area contributed by atoms with Crippen LogP contribution in [-0.2, 0) is 13.1 Å². The summed E-state index contributed by atoms with van der Waals surface area (Å²) in [7, 11) is 0. The second kappa shape index (κ2) is 6.61. The zero-order valence-corrected chi connectivity index (χ0v) is 12.6. The average Bonchev–Trinajstić information content (AvgIpc) is 3.18. The molecule has 0 aliphatic carbocycles. The lowest BCUT2D eigenvalue weighted by Gasteiger charge is -2.18. The van der Waals surface area contributed by atoms with Crippen LogP contribution in [0.1, 0.15) is 32.0 Å². The molecule has 1 saturated heterocycles. The Morgan fingerprint density at radius 1 is 1.14 bits per heavy atom. The SMILES string of the molecule is CCCn1ncnc1CNc1ccc(N2CCCC2)cc1. The van der Waals surface area contributed by atoms with Gasteiger partial charge in [-0.2, -0.15) is 5.10 Å². The zero-order valence-electron chi connectivity index (χ0n) is 12.6. The fourth-order valence-electron chi connectivity index (χ4n) is 2.77. The van der Waals surface area contributed by atoms with Crippen LogP contribution in [-0.4, -0.2) is 27.9 Å². The Kier molecular flexibility index (Phi) is 4.38. The van der Waals surface area contributed by atoms with Crippen molar-refractivity contribution in [3.8, 4) is 0 Å². The molecule has 0 amide bonds. The summed E-state index contributed by atoms with van der Waals surface area (Å²) >= 11 is 0. The van der Waals surface area contributed by atoms with Crippen molar-refractivity contribution < 1.29 is 0 Å². The highest BCUT2D eigenvalue weighted by molar-refractivity contribution is 5.55. The smallest absolute Gasteiger partial charge is 0.146 e. The van der Waals surface area contributed by atoms with Crippen LogP contribution < -0.4 is 10.2 Å². The van der Waals surface area contributed by atoms with Gasteiger partial charge in [0, 0.05) is 31.0 Å². The molecular formula is C16H23N5. The van der Waals surface area contributed by atoms with Gasteiger partial charge < -0.3 is 10.2 Å². The minimum absolute atomic E-state index is 0.711. The number of aromatic nitrogens is 3. The van der Waals surface area contributed by atoms with Crippen molar-refractivity contribution in [2.45, 2.75) is 39.3 Å². The molecule has 1 aliphatic rings. The molecule has 1 aliphatic heterocycles. The molecule has 21 heavy (non-hydrogen) atoms. The Bertz CT molecular complexity index is 554. The van der Waals surface area contributed by atoms with Crippen LogP contribution in [0.3, 0.4) is 0 Å². The van der Waals surface area contributed by atoms with E-state index >= 15 is 0 Å². The standard InChI is InChI=1S/C16H23N5/c1-2-9-21-16(18-13-19-21)12-17-14-5-7-15(8-6-14)20-10-3-4-11-20/h5-8,13,17H,2-4,9-12H2,1H3. The maximum absolute atomic E-state index is 4.31. The fourth-order valence-corrected chi connectivity index (χ4v) is 2.77. The Morgan fingerprint density at radius 3 is 2.62 bits per heavy atom. The van der Waals surface area contributed by atoms with E-state index in [1.54, 1.807) is 6.33 Å². The summed E-state index contributed by atoms with van der Waals surface area (Å²) in [5.41, 5.74) is 2.45. The summed E-state index contributed by atoms with van der Waals surface area (Å²) in [6, 6.07) is 8.69. The number of hydrogen-bond acceptors (Lipinski definition) is 4. The molecule has 0 radical (unpaired) electrons. The van der Waals surface area contributed by atoms with Gasteiger partial charge in [0.2, 0.25) is 0 Å². The van der Waals surface area contributed by atoms with Gasteiger partial charge in [0.25, 0.3) is 0 Å². The van der Waals surface area contributed by atoms with Crippen molar-refractivity contribution >= 4 is 11.4 Å². The summed E-state index contributed by atoms with van der Waals surface area (Å²) in [6.45, 7) is 6.16. The van der Waals surface area contributed by atoms with Gasteiger partial charge in [-0.05, 0) is 43.5 Å². The molecule has 0 unspecified atom stereocenters. The summed E-state index contributed by atoms with van der Waals surface area (Å²) < 4.78 is 1.96. The van der Waals surface area contributed by atoms with E-state index in [9.17, 15) is 0 Å². The summed E-state index contributed by atoms with van der Waals surface area (Å²) in [5, 5.41) is 7.67. The molecule has 1 fully saturated rings. The van der Waals surface area contributed by atoms with Gasteiger partial charge in [-0.15, -0.1) is 0 Å². The van der Waals surface area contributed by atoms with Crippen molar-refractivity contribution in [3.05, 3.63) is 36.4 Å². The normalized spacial score (nSPS) is 14.6. The number of hydrogen-bond donors (Lipinski definition) is 1. The molecule has 0 bridgehead atoms. The van der Waals surface area contributed by atoms with Gasteiger partial charge in [-0.1, -0.05) is 6.92 Å². The minimum atomic E-state index is 0.711. The Hall–Kier alpha value is -2.04. The molecule has 5 nitrogen and oxygen atoms in total. The maximum Gasteiger partial charge on any atom is 0.146 e. The molecule has 1 N–H and O–H groups in total. The second-order valence-corrected chi connectivity index (χ2v) is 5.49. The number of aryl methyl sites for hydroxylation is 1. The zero-order chi connectivity index (χ0) is 14.5. The van der Waals surface area contributed by atoms with Gasteiger partial charge in [-0.25, -0.2) is 9.67 Å². The fraction of sp³-hybridized carbons (Fsp3) is 0.500. The summed E-state index contributed by atoms with van der Waals surface area (Å²) in [4.78, 5) is 6.76. The second-order valence-electron chi connectivity index (χ2n) is 5.49. The lowest BCUT2D eigenvalue weighted by atomic mass is 10.2. The van der Waals surface area contributed by atoms with Crippen molar-refractivity contribution in [1.29, 1.82) is 0 Å². The van der Waals surface area contributed by atoms with Gasteiger partial charge in [0.1, 0.15) is 12.2 Å². The first-order valence-electron chi connectivity index (χ1n) is 7.82. The monoisotopic (exact) mass is 285 g/mol. The first-order chi connectivity index (χ1) is 10.4. The van der Waals surface area contributed by atoms with E-state index in [0.29, 0.717) is 6.54 Å². The molecule has 112 valence electrons. The topological polar surface area (TPSA) is 46.0 Å². The maximum atomic E-state index is 4.31. The summed E-state index contributed by atoms with van der Waals surface area (Å²) in [5.74, 6) is 0.987. The highest BCUT2D eigenvalue weighted by atomic mass is 15.3. The van der Waals surface area contributed by atoms with E-state index < -0.39 is 0 Å². The van der Waals surface area contributed by atoms with Crippen LogP contribution in [0, 0.1) is 0 Å². The molecule has 1 aromatic carbocycles. The lowest BCUT2D eigenvalue weighted by Crippen LogP contribution is -2.17. The van der Waals surface area contributed by atoms with E-state index in [2.05, 4.69) is 51.5 Å². The van der Waals surface area contributed by atoms with Crippen LogP contribution in [0.15, 0.2) is 30.6 Å². The molecule has 0 spiro atoms. The minimum Gasteiger partial charge on any atom is -0.378 e. The number of benzene rings is 1. The van der Waals surface area contributed by atoms with Crippen molar-refractivity contribution in [2.24, 2.45) is 0 Å². The van der Waals surface area contributed by atoms with Gasteiger partial charge >= 0.3 is 0 Å². The van der Waals surface area contributed by atoms with Gasteiger partial charge in [0.15, 0.2) is 0 Å². The van der Waals surface area contributed by atoms with Gasteiger partial charge in [-0.3, -0.25) is 0 Å². The van der Waals surface area contributed by atoms with Crippen LogP contribution in [0.25, 0.3) is 0 Å². The average molecular weight is 285 g/mol. The largest absolute Gasteiger partial charge is 0.378 e. The van der Waals surface area contributed by atoms with Gasteiger partial charge in [0.05, 0.1) is 6.54 Å². The Balaban J connectivity index is 1.58. The highest BCUT2D eigenvalue weighted by Gasteiger charge is 2.11. The van der Waals surface area contributed by atoms with E-state index in [1.807, 2.05) is 4.68 Å². The molecular weight excluding hydrogens is 262 g/mol. The first-order valence-corrected chi connectivity index (χ1v) is 7.82. The van der Waals surface area contributed by atoms with E-state index in [4.69, 9.17) is 0 Å². The van der Waals surface area contributed by atoms with Crippen LogP contribution in [0.4, 0.5) is 11.4 Å². The molecule has 2 heterocycles. The number of anilines is 2.